The van der Waals surface area contributed by atoms with Crippen LogP contribution in [0.3, 0.4) is 0 Å². The fourth-order valence-corrected chi connectivity index (χ4v) is 2.06. The zero-order valence-electron chi connectivity index (χ0n) is 12.6. The van der Waals surface area contributed by atoms with Crippen molar-refractivity contribution in [3.63, 3.8) is 0 Å². The Hall–Kier alpha value is -2.14. The Bertz CT molecular complexity index is 565. The first kappa shape index (κ1) is 15.3. The van der Waals surface area contributed by atoms with Crippen LogP contribution < -0.4 is 10.1 Å². The van der Waals surface area contributed by atoms with E-state index in [1.165, 1.54) is 5.56 Å². The van der Waals surface area contributed by atoms with Gasteiger partial charge in [0.15, 0.2) is 0 Å². The monoisotopic (exact) mass is 286 g/mol. The summed E-state index contributed by atoms with van der Waals surface area (Å²) in [6, 6.07) is 3.78. The van der Waals surface area contributed by atoms with Crippen molar-refractivity contribution in [3.05, 3.63) is 54.6 Å². The molecule has 112 valence electrons. The molecule has 21 heavy (non-hydrogen) atoms. The second-order valence-electron chi connectivity index (χ2n) is 5.00. The van der Waals surface area contributed by atoms with Crippen LogP contribution in [-0.2, 0) is 13.1 Å². The number of ether oxygens (including phenoxy) is 1. The summed E-state index contributed by atoms with van der Waals surface area (Å²) in [5.41, 5.74) is 2.25. The van der Waals surface area contributed by atoms with Crippen molar-refractivity contribution >= 4 is 0 Å². The Morgan fingerprint density at radius 1 is 1.52 bits per heavy atom. The van der Waals surface area contributed by atoms with Crippen LogP contribution in [0.1, 0.15) is 18.2 Å². The molecule has 5 nitrogen and oxygen atoms in total. The second-order valence-corrected chi connectivity index (χ2v) is 5.00. The Labute approximate surface area is 125 Å². The zero-order valence-corrected chi connectivity index (χ0v) is 12.6. The molecular weight excluding hydrogens is 264 g/mol. The van der Waals surface area contributed by atoms with E-state index >= 15 is 0 Å². The van der Waals surface area contributed by atoms with Crippen LogP contribution in [0.2, 0.25) is 0 Å². The van der Waals surface area contributed by atoms with Gasteiger partial charge in [-0.25, -0.2) is 0 Å². The molecule has 0 fully saturated rings. The number of pyridine rings is 1. The molecule has 1 atom stereocenters. The van der Waals surface area contributed by atoms with Crippen LogP contribution in [0.25, 0.3) is 0 Å². The first-order chi connectivity index (χ1) is 10.2. The normalized spacial score (nSPS) is 12.1. The van der Waals surface area contributed by atoms with Crippen LogP contribution in [-0.4, -0.2) is 27.4 Å². The van der Waals surface area contributed by atoms with Crippen molar-refractivity contribution in [2.24, 2.45) is 0 Å². The lowest BCUT2D eigenvalue weighted by molar-refractivity contribution is 0.216. The SMILES string of the molecule is C=CCn1cc(CNC[C@@H](C)Oc2cccnc2)c(C)n1. The smallest absolute Gasteiger partial charge is 0.138 e. The highest BCUT2D eigenvalue weighted by Gasteiger charge is 2.06. The van der Waals surface area contributed by atoms with Crippen molar-refractivity contribution < 1.29 is 4.74 Å². The first-order valence-corrected chi connectivity index (χ1v) is 7.10. The Morgan fingerprint density at radius 3 is 3.10 bits per heavy atom. The quantitative estimate of drug-likeness (QED) is 0.757. The molecule has 0 saturated carbocycles. The predicted molar refractivity (Wildman–Crippen MR) is 83.2 cm³/mol. The number of aryl methyl sites for hydroxylation is 1. The molecule has 0 radical (unpaired) electrons. The van der Waals surface area contributed by atoms with Gasteiger partial charge in [0.1, 0.15) is 11.9 Å². The van der Waals surface area contributed by atoms with Crippen LogP contribution >= 0.6 is 0 Å². The molecular formula is C16H22N4O. The lowest BCUT2D eigenvalue weighted by Gasteiger charge is -2.14. The molecule has 0 aliphatic heterocycles. The van der Waals surface area contributed by atoms with Crippen LogP contribution in [0, 0.1) is 6.92 Å². The van der Waals surface area contributed by atoms with Gasteiger partial charge in [-0.1, -0.05) is 6.08 Å². The third-order valence-electron chi connectivity index (χ3n) is 3.08. The molecule has 2 aromatic rings. The number of nitrogens with one attached hydrogen (secondary N) is 1. The highest BCUT2D eigenvalue weighted by molar-refractivity contribution is 5.16. The molecule has 2 heterocycles. The highest BCUT2D eigenvalue weighted by Crippen LogP contribution is 2.09. The third kappa shape index (κ3) is 4.72. The summed E-state index contributed by atoms with van der Waals surface area (Å²) in [5, 5.41) is 7.83. The van der Waals surface area contributed by atoms with Gasteiger partial charge in [-0.2, -0.15) is 5.10 Å². The van der Waals surface area contributed by atoms with Crippen molar-refractivity contribution in [1.82, 2.24) is 20.1 Å². The van der Waals surface area contributed by atoms with Gasteiger partial charge < -0.3 is 10.1 Å². The molecule has 2 aromatic heterocycles. The molecule has 1 N–H and O–H groups in total. The minimum Gasteiger partial charge on any atom is -0.488 e. The van der Waals surface area contributed by atoms with Gasteiger partial charge in [-0.15, -0.1) is 6.58 Å². The molecule has 5 heteroatoms. The molecule has 0 saturated heterocycles. The van der Waals surface area contributed by atoms with Crippen molar-refractivity contribution in [3.8, 4) is 5.75 Å². The summed E-state index contributed by atoms with van der Waals surface area (Å²) >= 11 is 0. The Morgan fingerprint density at radius 2 is 2.38 bits per heavy atom. The number of rotatable bonds is 8. The minimum absolute atomic E-state index is 0.0812. The topological polar surface area (TPSA) is 52.0 Å². The number of hydrogen-bond donors (Lipinski definition) is 1. The summed E-state index contributed by atoms with van der Waals surface area (Å²) in [5.74, 6) is 0.793. The molecule has 0 aromatic carbocycles. The largest absolute Gasteiger partial charge is 0.488 e. The van der Waals surface area contributed by atoms with Gasteiger partial charge in [0.2, 0.25) is 0 Å². The standard InChI is InChI=1S/C16H22N4O/c1-4-8-20-12-15(14(3)19-20)10-18-9-13(2)21-16-6-5-7-17-11-16/h4-7,11-13,18H,1,8-10H2,2-3H3/t13-/m1/s1. The maximum Gasteiger partial charge on any atom is 0.138 e. The number of allylic oxidation sites excluding steroid dienone is 1. The van der Waals surface area contributed by atoms with Crippen molar-refractivity contribution in [1.29, 1.82) is 0 Å². The van der Waals surface area contributed by atoms with Crippen LogP contribution in [0.15, 0.2) is 43.4 Å². The summed E-state index contributed by atoms with van der Waals surface area (Å²) < 4.78 is 7.66. The predicted octanol–water partition coefficient (Wildman–Crippen LogP) is 2.33. The Kier molecular flexibility index (Phi) is 5.51. The maximum absolute atomic E-state index is 5.77. The second kappa shape index (κ2) is 7.59. The average molecular weight is 286 g/mol. The fourth-order valence-electron chi connectivity index (χ4n) is 2.06. The van der Waals surface area contributed by atoms with E-state index in [-0.39, 0.29) is 6.10 Å². The summed E-state index contributed by atoms with van der Waals surface area (Å²) in [4.78, 5) is 4.03. The van der Waals surface area contributed by atoms with Gasteiger partial charge in [-0.05, 0) is 26.0 Å². The lowest BCUT2D eigenvalue weighted by Crippen LogP contribution is -2.28. The van der Waals surface area contributed by atoms with E-state index < -0.39 is 0 Å². The number of hydrogen-bond acceptors (Lipinski definition) is 4. The molecule has 2 rings (SSSR count). The van der Waals surface area contributed by atoms with E-state index in [1.807, 2.05) is 36.7 Å². The number of aromatic nitrogens is 3. The van der Waals surface area contributed by atoms with E-state index in [0.29, 0.717) is 0 Å². The molecule has 0 aliphatic rings. The Balaban J connectivity index is 1.77. The summed E-state index contributed by atoms with van der Waals surface area (Å²) in [6.45, 7) is 10.1. The zero-order chi connectivity index (χ0) is 15.1. The van der Waals surface area contributed by atoms with E-state index in [0.717, 1.165) is 31.1 Å². The van der Waals surface area contributed by atoms with Gasteiger partial charge in [-0.3, -0.25) is 9.67 Å². The van der Waals surface area contributed by atoms with Gasteiger partial charge >= 0.3 is 0 Å². The van der Waals surface area contributed by atoms with Crippen molar-refractivity contribution in [2.75, 3.05) is 6.54 Å². The van der Waals surface area contributed by atoms with E-state index in [4.69, 9.17) is 4.74 Å². The van der Waals surface area contributed by atoms with E-state index in [9.17, 15) is 0 Å². The molecule has 0 aliphatic carbocycles. The highest BCUT2D eigenvalue weighted by atomic mass is 16.5. The molecule has 0 amide bonds. The van der Waals surface area contributed by atoms with Gasteiger partial charge in [0.25, 0.3) is 0 Å². The lowest BCUT2D eigenvalue weighted by atomic mass is 10.2. The first-order valence-electron chi connectivity index (χ1n) is 7.10. The number of nitrogens with zero attached hydrogens (tertiary/aromatic N) is 3. The summed E-state index contributed by atoms with van der Waals surface area (Å²) in [7, 11) is 0. The van der Waals surface area contributed by atoms with Crippen molar-refractivity contribution in [2.45, 2.75) is 33.0 Å². The average Bonchev–Trinajstić information content (AvgIpc) is 2.80. The fraction of sp³-hybridized carbons (Fsp3) is 0.375. The molecule has 0 bridgehead atoms. The van der Waals surface area contributed by atoms with Crippen LogP contribution in [0.4, 0.5) is 0 Å². The molecule has 0 unspecified atom stereocenters. The van der Waals surface area contributed by atoms with Crippen LogP contribution in [0.5, 0.6) is 5.75 Å². The van der Waals surface area contributed by atoms with E-state index in [2.05, 4.69) is 28.2 Å². The van der Waals surface area contributed by atoms with E-state index in [1.54, 1.807) is 12.4 Å². The van der Waals surface area contributed by atoms with Gasteiger partial charge in [0.05, 0.1) is 18.4 Å². The van der Waals surface area contributed by atoms with Gasteiger partial charge in [0, 0.05) is 31.0 Å². The summed E-state index contributed by atoms with van der Waals surface area (Å²) in [6.07, 6.45) is 7.43. The minimum atomic E-state index is 0.0812. The molecule has 0 spiro atoms. The third-order valence-corrected chi connectivity index (χ3v) is 3.08. The maximum atomic E-state index is 5.77.